The minimum atomic E-state index is 0.650. The van der Waals surface area contributed by atoms with Crippen LogP contribution in [0.3, 0.4) is 0 Å². The molecule has 4 aromatic rings. The molecule has 0 aliphatic rings. The Morgan fingerprint density at radius 3 is 2.52 bits per heavy atom. The molecule has 5 nitrogen and oxygen atoms in total. The van der Waals surface area contributed by atoms with Crippen molar-refractivity contribution in [3.8, 4) is 5.75 Å². The minimum absolute atomic E-state index is 0.650. The number of rotatable bonds is 6. The van der Waals surface area contributed by atoms with Gasteiger partial charge < -0.3 is 10.1 Å². The molecule has 29 heavy (non-hydrogen) atoms. The van der Waals surface area contributed by atoms with Crippen molar-refractivity contribution in [3.63, 3.8) is 0 Å². The van der Waals surface area contributed by atoms with Gasteiger partial charge in [0.2, 0.25) is 0 Å². The van der Waals surface area contributed by atoms with E-state index in [1.165, 1.54) is 11.1 Å². The molecule has 0 spiro atoms. The molecule has 0 fully saturated rings. The summed E-state index contributed by atoms with van der Waals surface area (Å²) < 4.78 is 6.69. The first-order chi connectivity index (χ1) is 14.0. The summed E-state index contributed by atoms with van der Waals surface area (Å²) in [5, 5.41) is 4.26. The van der Waals surface area contributed by atoms with Gasteiger partial charge in [0, 0.05) is 17.7 Å². The van der Waals surface area contributed by atoms with Gasteiger partial charge in [0.1, 0.15) is 17.4 Å². The zero-order valence-electron chi connectivity index (χ0n) is 17.1. The fourth-order valence-corrected chi connectivity index (χ4v) is 4.17. The van der Waals surface area contributed by atoms with Crippen molar-refractivity contribution in [3.05, 3.63) is 70.7 Å². The second-order valence-electron chi connectivity index (χ2n) is 7.05. The average Bonchev–Trinajstić information content (AvgIpc) is 3.08. The molecule has 1 N–H and O–H groups in total. The Kier molecular flexibility index (Phi) is 5.45. The number of nitrogens with one attached hydrogen (secondary N) is 1. The first kappa shape index (κ1) is 19.3. The van der Waals surface area contributed by atoms with Crippen molar-refractivity contribution >= 4 is 32.5 Å². The van der Waals surface area contributed by atoms with Crippen LogP contribution in [-0.4, -0.2) is 21.6 Å². The quantitative estimate of drug-likeness (QED) is 0.444. The fourth-order valence-electron chi connectivity index (χ4n) is 3.28. The van der Waals surface area contributed by atoms with Crippen LogP contribution in [0.1, 0.15) is 35.1 Å². The van der Waals surface area contributed by atoms with Gasteiger partial charge >= 0.3 is 0 Å². The lowest BCUT2D eigenvalue weighted by atomic mass is 10.0. The number of aromatic nitrogens is 3. The molecule has 2 aromatic carbocycles. The summed E-state index contributed by atoms with van der Waals surface area (Å²) in [6.45, 7) is 8.69. The standard InChI is InChI=1S/C23H24N4OS/c1-5-28-18-10-11-20-21(13-18)29-23(26-20)27-22-19(15(3)24-16(4)25-22)12-17-8-6-14(2)7-9-17/h6-11,13H,5,12H2,1-4H3,(H,24,25,26,27). The highest BCUT2D eigenvalue weighted by molar-refractivity contribution is 7.22. The summed E-state index contributed by atoms with van der Waals surface area (Å²) in [6, 6.07) is 14.6. The molecule has 0 radical (unpaired) electrons. The van der Waals surface area contributed by atoms with Crippen molar-refractivity contribution < 1.29 is 4.74 Å². The summed E-state index contributed by atoms with van der Waals surface area (Å²) in [5.74, 6) is 2.43. The Morgan fingerprint density at radius 1 is 0.966 bits per heavy atom. The van der Waals surface area contributed by atoms with Gasteiger partial charge in [-0.25, -0.2) is 15.0 Å². The highest BCUT2D eigenvalue weighted by atomic mass is 32.1. The maximum atomic E-state index is 5.60. The number of hydrogen-bond donors (Lipinski definition) is 1. The number of thiazole rings is 1. The lowest BCUT2D eigenvalue weighted by Crippen LogP contribution is -2.06. The third-order valence-corrected chi connectivity index (χ3v) is 5.66. The summed E-state index contributed by atoms with van der Waals surface area (Å²) in [6.07, 6.45) is 0.772. The van der Waals surface area contributed by atoms with E-state index in [1.54, 1.807) is 11.3 Å². The molecule has 0 bridgehead atoms. The van der Waals surface area contributed by atoms with Crippen LogP contribution in [0, 0.1) is 20.8 Å². The molecule has 2 heterocycles. The molecule has 0 saturated carbocycles. The van der Waals surface area contributed by atoms with Crippen molar-refractivity contribution in [2.24, 2.45) is 0 Å². The summed E-state index contributed by atoms with van der Waals surface area (Å²) in [4.78, 5) is 14.0. The average molecular weight is 405 g/mol. The van der Waals surface area contributed by atoms with Crippen molar-refractivity contribution in [1.29, 1.82) is 0 Å². The summed E-state index contributed by atoms with van der Waals surface area (Å²) in [5.41, 5.74) is 5.52. The molecule has 0 saturated heterocycles. The lowest BCUT2D eigenvalue weighted by Gasteiger charge is -2.13. The first-order valence-electron chi connectivity index (χ1n) is 9.72. The molecule has 0 amide bonds. The topological polar surface area (TPSA) is 59.9 Å². The number of aryl methyl sites for hydroxylation is 3. The zero-order valence-corrected chi connectivity index (χ0v) is 17.9. The molecular weight excluding hydrogens is 380 g/mol. The van der Waals surface area contributed by atoms with Crippen LogP contribution < -0.4 is 10.1 Å². The van der Waals surface area contributed by atoms with Gasteiger partial charge in [-0.1, -0.05) is 41.2 Å². The SMILES string of the molecule is CCOc1ccc2nc(Nc3nc(C)nc(C)c3Cc3ccc(C)cc3)sc2c1. The third-order valence-electron chi connectivity index (χ3n) is 4.72. The Morgan fingerprint density at radius 2 is 1.76 bits per heavy atom. The molecule has 0 atom stereocenters. The van der Waals surface area contributed by atoms with Crippen molar-refractivity contribution in [2.45, 2.75) is 34.1 Å². The van der Waals surface area contributed by atoms with Crippen molar-refractivity contribution in [1.82, 2.24) is 15.0 Å². The van der Waals surface area contributed by atoms with Gasteiger partial charge in [-0.3, -0.25) is 0 Å². The molecule has 148 valence electrons. The fraction of sp³-hybridized carbons (Fsp3) is 0.261. The zero-order chi connectivity index (χ0) is 20.4. The molecule has 0 aliphatic carbocycles. The minimum Gasteiger partial charge on any atom is -0.494 e. The highest BCUT2D eigenvalue weighted by Gasteiger charge is 2.14. The molecule has 2 aromatic heterocycles. The molecule has 6 heteroatoms. The summed E-state index contributed by atoms with van der Waals surface area (Å²) >= 11 is 1.60. The Hall–Kier alpha value is -2.99. The largest absolute Gasteiger partial charge is 0.494 e. The van der Waals surface area contributed by atoms with E-state index in [-0.39, 0.29) is 0 Å². The van der Waals surface area contributed by atoms with Crippen LogP contribution in [0.4, 0.5) is 10.9 Å². The van der Waals surface area contributed by atoms with Crippen LogP contribution in [0.2, 0.25) is 0 Å². The smallest absolute Gasteiger partial charge is 0.189 e. The van der Waals surface area contributed by atoms with Crippen LogP contribution in [-0.2, 0) is 6.42 Å². The van der Waals surface area contributed by atoms with Crippen LogP contribution in [0.15, 0.2) is 42.5 Å². The van der Waals surface area contributed by atoms with Gasteiger partial charge in [-0.2, -0.15) is 0 Å². The summed E-state index contributed by atoms with van der Waals surface area (Å²) in [7, 11) is 0. The number of nitrogens with zero attached hydrogens (tertiary/aromatic N) is 3. The number of anilines is 2. The second kappa shape index (κ2) is 8.17. The number of benzene rings is 2. The normalized spacial score (nSPS) is 11.0. The first-order valence-corrected chi connectivity index (χ1v) is 10.5. The third kappa shape index (κ3) is 4.38. The lowest BCUT2D eigenvalue weighted by molar-refractivity contribution is 0.341. The predicted molar refractivity (Wildman–Crippen MR) is 120 cm³/mol. The van der Waals surface area contributed by atoms with Gasteiger partial charge in [-0.15, -0.1) is 0 Å². The van der Waals surface area contributed by atoms with Gasteiger partial charge in [0.15, 0.2) is 5.13 Å². The Balaban J connectivity index is 1.67. The number of ether oxygens (including phenoxy) is 1. The van der Waals surface area contributed by atoms with Crippen molar-refractivity contribution in [2.75, 3.05) is 11.9 Å². The van der Waals surface area contributed by atoms with Gasteiger partial charge in [0.25, 0.3) is 0 Å². The van der Waals surface area contributed by atoms with E-state index in [0.717, 1.165) is 50.4 Å². The maximum absolute atomic E-state index is 5.60. The molecule has 4 rings (SSSR count). The molecular formula is C23H24N4OS. The van der Waals surface area contributed by atoms with E-state index in [4.69, 9.17) is 9.72 Å². The van der Waals surface area contributed by atoms with Crippen LogP contribution >= 0.6 is 11.3 Å². The second-order valence-corrected chi connectivity index (χ2v) is 8.08. The molecule has 0 unspecified atom stereocenters. The van der Waals surface area contributed by atoms with E-state index >= 15 is 0 Å². The highest BCUT2D eigenvalue weighted by Crippen LogP contribution is 2.32. The van der Waals surface area contributed by atoms with Gasteiger partial charge in [-0.05, 0) is 51.5 Å². The number of fused-ring (bicyclic) bond motifs is 1. The van der Waals surface area contributed by atoms with Gasteiger partial charge in [0.05, 0.1) is 16.8 Å². The Labute approximate surface area is 174 Å². The van der Waals surface area contributed by atoms with E-state index in [2.05, 4.69) is 46.5 Å². The maximum Gasteiger partial charge on any atom is 0.189 e. The molecule has 0 aliphatic heterocycles. The predicted octanol–water partition coefficient (Wildman–Crippen LogP) is 5.74. The van der Waals surface area contributed by atoms with Crippen LogP contribution in [0.25, 0.3) is 10.2 Å². The monoisotopic (exact) mass is 404 g/mol. The number of hydrogen-bond acceptors (Lipinski definition) is 6. The van der Waals surface area contributed by atoms with Crippen LogP contribution in [0.5, 0.6) is 5.75 Å². The van der Waals surface area contributed by atoms with E-state index in [1.807, 2.05) is 39.0 Å². The van der Waals surface area contributed by atoms with E-state index in [9.17, 15) is 0 Å². The Bertz CT molecular complexity index is 1150. The van der Waals surface area contributed by atoms with E-state index < -0.39 is 0 Å². The van der Waals surface area contributed by atoms with E-state index in [0.29, 0.717) is 6.61 Å².